The zero-order valence-electron chi connectivity index (χ0n) is 60.1. The van der Waals surface area contributed by atoms with Gasteiger partial charge < -0.3 is 97.0 Å². The van der Waals surface area contributed by atoms with E-state index in [9.17, 15) is 55.2 Å². The number of halogens is 2. The number of benzene rings is 7. The van der Waals surface area contributed by atoms with Gasteiger partial charge in [-0.15, -0.1) is 0 Å². The summed E-state index contributed by atoms with van der Waals surface area (Å²) < 4.78 is 24.3. The van der Waals surface area contributed by atoms with Crippen LogP contribution in [0.4, 0.5) is 4.79 Å². The number of hydrazone groups is 1. The number of piperazine rings is 1. The highest BCUT2D eigenvalue weighted by Crippen LogP contribution is 2.50. The largest absolute Gasteiger partial charge is 0.508 e. The Hall–Kier alpha value is -11.7. The second-order valence-electron chi connectivity index (χ2n) is 28.4. The molecule has 14 rings (SSSR count). The number of hydrogen-bond acceptors (Lipinski definition) is 22. The van der Waals surface area contributed by atoms with Crippen LogP contribution in [0.25, 0.3) is 11.1 Å². The van der Waals surface area contributed by atoms with Crippen molar-refractivity contribution in [2.75, 3.05) is 26.2 Å². The summed E-state index contributed by atoms with van der Waals surface area (Å²) in [6, 6.07) is 6.68. The van der Waals surface area contributed by atoms with Gasteiger partial charge in [-0.3, -0.25) is 38.7 Å². The summed E-state index contributed by atoms with van der Waals surface area (Å²) in [5.74, 6) is -15.5. The van der Waals surface area contributed by atoms with Gasteiger partial charge in [0.2, 0.25) is 41.2 Å². The van der Waals surface area contributed by atoms with Crippen LogP contribution in [0.2, 0.25) is 10.0 Å². The van der Waals surface area contributed by atoms with E-state index in [4.69, 9.17) is 42.1 Å². The van der Waals surface area contributed by atoms with Gasteiger partial charge in [-0.1, -0.05) is 92.9 Å². The number of rotatable bonds is 13. The molecule has 0 spiro atoms. The number of nitrogens with one attached hydrogen (secondary N) is 7. The number of aromatic hydroxyl groups is 6. The first-order chi connectivity index (χ1) is 52.5. The number of fused-ring (bicyclic) bond motifs is 14. The molecule has 7 amide bonds. The lowest BCUT2D eigenvalue weighted by molar-refractivity contribution is -0.143. The van der Waals surface area contributed by atoms with Crippen molar-refractivity contribution in [1.82, 2.24) is 47.1 Å². The molecule has 0 aliphatic carbocycles. The summed E-state index contributed by atoms with van der Waals surface area (Å²) in [6.45, 7) is 8.42. The predicted molar refractivity (Wildman–Crippen MR) is 398 cm³/mol. The standard InChI is InChI=1S/C78H82Cl2N10O20/c1-5-6-7-8-9-10-11-12-21-81-90-24-22-89(23-25-90)37-48-54(94)36-47-60(68(48)96)46-30-39(14-17-52(46)92)61-72(100)87-66(75(103)86-65(47)76(104)105)67(95)41-16-20-56(50(80)31-41)109-59-34-43-33-58(69(59)97)108-55-19-13-38(26-49(55)79)27-51-70(98)83-63(73(101)85-64(43)74(102)84-61)42-28-44(91)35-45(29-42)107-57-32-40(15-18-53(57)93)62(71(99)82-51)88-77(106)110-78(2,3)4/h13-21,26,28-36,51,61-67,91-97H,5-12,22-25,27,37H2,1-4H3,(H,82,99)(H,83,98)(H,84,102)(H,85,101)(H,86,103)(H,87,100)(H,88,106)(H,104,105)/b81-21+/t51-,61-,62+,63-,64-,65-,66-,67?/m0/s1. The number of aliphatic hydroxyl groups excluding tert-OH is 1. The number of alkyl carbamates (subject to hydrolysis) is 1. The highest BCUT2D eigenvalue weighted by atomic mass is 35.5. The molecule has 8 atom stereocenters. The summed E-state index contributed by atoms with van der Waals surface area (Å²) in [4.78, 5) is 122. The van der Waals surface area contributed by atoms with Gasteiger partial charge in [0, 0.05) is 68.1 Å². The third kappa shape index (κ3) is 17.7. The second-order valence-corrected chi connectivity index (χ2v) is 29.2. The summed E-state index contributed by atoms with van der Waals surface area (Å²) >= 11 is 13.9. The Morgan fingerprint density at radius 3 is 1.85 bits per heavy atom. The molecule has 110 heavy (non-hydrogen) atoms. The maximum Gasteiger partial charge on any atom is 0.408 e. The molecule has 0 radical (unpaired) electrons. The number of aliphatic hydroxyl groups is 1. The average molecular weight is 1550 g/mol. The van der Waals surface area contributed by atoms with Gasteiger partial charge in [-0.05, 0) is 146 Å². The van der Waals surface area contributed by atoms with E-state index in [2.05, 4.69) is 49.2 Å². The van der Waals surface area contributed by atoms with Gasteiger partial charge in [0.05, 0.1) is 15.6 Å². The van der Waals surface area contributed by atoms with Crippen molar-refractivity contribution in [2.45, 2.75) is 146 Å². The first-order valence-electron chi connectivity index (χ1n) is 35.8. The molecule has 7 aliphatic rings. The van der Waals surface area contributed by atoms with Crippen LogP contribution < -0.4 is 51.4 Å². The number of nitrogens with zero attached hydrogens (tertiary/aromatic N) is 3. The van der Waals surface area contributed by atoms with Crippen LogP contribution in [-0.2, 0) is 51.3 Å². The molecule has 7 aliphatic heterocycles. The molecule has 0 aromatic heterocycles. The Morgan fingerprint density at radius 1 is 0.582 bits per heavy atom. The maximum atomic E-state index is 16.2. The highest BCUT2D eigenvalue weighted by molar-refractivity contribution is 6.32. The molecule has 32 heteroatoms. The fourth-order valence-electron chi connectivity index (χ4n) is 13.6. The van der Waals surface area contributed by atoms with Crippen molar-refractivity contribution in [2.24, 2.45) is 5.10 Å². The molecule has 578 valence electrons. The summed E-state index contributed by atoms with van der Waals surface area (Å²) in [6.07, 6.45) is 7.06. The van der Waals surface area contributed by atoms with E-state index in [-0.39, 0.29) is 78.5 Å². The number of amides is 7. The summed E-state index contributed by atoms with van der Waals surface area (Å²) in [5.41, 5.74) is -3.52. The molecule has 1 unspecified atom stereocenters. The normalized spacial score (nSPS) is 20.9. The Bertz CT molecular complexity index is 4810. The predicted octanol–water partition coefficient (Wildman–Crippen LogP) is 9.79. The lowest BCUT2D eigenvalue weighted by atomic mass is 9.88. The molecular weight excluding hydrogens is 1470 g/mol. The fraction of sp³-hybridized carbons (Fsp3) is 0.346. The molecule has 17 bridgehead atoms. The van der Waals surface area contributed by atoms with Gasteiger partial charge in [-0.25, -0.2) is 9.59 Å². The first-order valence-corrected chi connectivity index (χ1v) is 36.5. The third-order valence-corrected chi connectivity index (χ3v) is 19.8. The number of ether oxygens (including phenoxy) is 4. The van der Waals surface area contributed by atoms with Crippen molar-refractivity contribution in [3.8, 4) is 80.1 Å². The van der Waals surface area contributed by atoms with E-state index in [1.54, 1.807) is 20.8 Å². The Morgan fingerprint density at radius 2 is 1.18 bits per heavy atom. The molecular formula is C78H82Cl2N10O20. The molecule has 7 aromatic rings. The van der Waals surface area contributed by atoms with Gasteiger partial charge in [0.1, 0.15) is 88.2 Å². The van der Waals surface area contributed by atoms with E-state index >= 15 is 24.0 Å². The minimum Gasteiger partial charge on any atom is -0.508 e. The third-order valence-electron chi connectivity index (χ3n) is 19.3. The molecule has 0 saturated carbocycles. The monoisotopic (exact) mass is 1550 g/mol. The summed E-state index contributed by atoms with van der Waals surface area (Å²) in [5, 5.41) is 119. The quantitative estimate of drug-likeness (QED) is 0.0377. The number of hydrogen-bond donors (Lipinski definition) is 15. The molecule has 1 saturated heterocycles. The zero-order chi connectivity index (χ0) is 78.6. The van der Waals surface area contributed by atoms with Crippen molar-refractivity contribution < 1.29 is 98.2 Å². The van der Waals surface area contributed by atoms with Crippen LogP contribution in [0.15, 0.2) is 114 Å². The Balaban J connectivity index is 0.990. The second kappa shape index (κ2) is 33.0. The van der Waals surface area contributed by atoms with Crippen LogP contribution in [0.5, 0.6) is 69.0 Å². The van der Waals surface area contributed by atoms with Crippen LogP contribution in [-0.4, -0.2) is 148 Å². The molecule has 15 N–H and O–H groups in total. The average Bonchev–Trinajstić information content (AvgIpc) is 0.752. The number of aliphatic carboxylic acids is 1. The van der Waals surface area contributed by atoms with Gasteiger partial charge in [-0.2, -0.15) is 5.10 Å². The minimum atomic E-state index is -2.24. The lowest BCUT2D eigenvalue weighted by Crippen LogP contribution is -2.55. The van der Waals surface area contributed by atoms with Crippen molar-refractivity contribution in [3.05, 3.63) is 164 Å². The van der Waals surface area contributed by atoms with Crippen LogP contribution in [0, 0.1) is 0 Å². The number of phenolic OH excluding ortho intramolecular Hbond substituents is 6. The highest BCUT2D eigenvalue weighted by Gasteiger charge is 2.43. The molecule has 30 nitrogen and oxygen atoms in total. The molecule has 7 heterocycles. The molecule has 7 aromatic carbocycles. The topological polar surface area (TPSA) is 438 Å². The number of carboxylic acid groups (broad SMARTS) is 1. The maximum absolute atomic E-state index is 16.2. The van der Waals surface area contributed by atoms with Crippen molar-refractivity contribution in [3.63, 3.8) is 0 Å². The fourth-order valence-corrected chi connectivity index (χ4v) is 14.1. The smallest absolute Gasteiger partial charge is 0.408 e. The van der Waals surface area contributed by atoms with E-state index < -0.39 is 171 Å². The van der Waals surface area contributed by atoms with Crippen LogP contribution in [0.1, 0.15) is 160 Å². The lowest BCUT2D eigenvalue weighted by Gasteiger charge is -2.34. The molecule has 1 fully saturated rings. The van der Waals surface area contributed by atoms with Crippen molar-refractivity contribution in [1.29, 1.82) is 0 Å². The van der Waals surface area contributed by atoms with Gasteiger partial charge >= 0.3 is 12.1 Å². The van der Waals surface area contributed by atoms with E-state index in [0.29, 0.717) is 26.2 Å². The number of phenols is 6. The van der Waals surface area contributed by atoms with Crippen LogP contribution >= 0.6 is 23.2 Å². The SMILES string of the molecule is CCCCCCCCC/C=N/N1CCN(Cc2c(O)cc3c(c2O)-c2cc(ccc2O)[C@@H]2NC(=O)[C@H]4NC(=O)[C@H]5NC(=O)[C@H](Cc6ccc(c(Cl)c6)Oc6cc4cc(c6O)Oc4ccc(cc4Cl)C(O)[C@H](NC2=O)C(=O)N[C@@H]3C(=O)O)NC(=O)[C@H](NC(=O)OC(C)(C)C)c2ccc(O)c(c2)Oc2cc(O)cc5c2)CC1. The van der Waals surface area contributed by atoms with Crippen LogP contribution in [0.3, 0.4) is 0 Å². The van der Waals surface area contributed by atoms with E-state index in [0.717, 1.165) is 86.3 Å². The zero-order valence-corrected chi connectivity index (χ0v) is 61.6. The number of carbonyl (C=O) groups excluding carboxylic acids is 7. The number of unbranched alkanes of at least 4 members (excludes halogenated alkanes) is 7. The number of carbonyl (C=O) groups is 8. The van der Waals surface area contributed by atoms with Crippen molar-refractivity contribution >= 4 is 76.9 Å². The van der Waals surface area contributed by atoms with Gasteiger partial charge in [0.15, 0.2) is 29.0 Å². The Labute approximate surface area is 640 Å². The summed E-state index contributed by atoms with van der Waals surface area (Å²) in [7, 11) is 0. The van der Waals surface area contributed by atoms with E-state index in [1.165, 1.54) is 74.2 Å². The van der Waals surface area contributed by atoms with Gasteiger partial charge in [0.25, 0.3) is 0 Å². The minimum absolute atomic E-state index is 0.00950. The number of carboxylic acids is 1. The Kier molecular flexibility index (Phi) is 23.4. The first kappa shape index (κ1) is 77.9. The van der Waals surface area contributed by atoms with E-state index in [1.807, 2.05) is 16.1 Å².